The van der Waals surface area contributed by atoms with E-state index in [1.807, 2.05) is 0 Å². The number of phenolic OH excluding ortho intramolecular Hbond substituents is 8. The van der Waals surface area contributed by atoms with E-state index < -0.39 is 64.7 Å². The highest BCUT2D eigenvalue weighted by Crippen LogP contribution is 2.53. The molecule has 2 heterocycles. The second-order valence-electron chi connectivity index (χ2n) is 10.3. The van der Waals surface area contributed by atoms with E-state index in [9.17, 15) is 51.1 Å². The second kappa shape index (κ2) is 9.94. The zero-order valence-electron chi connectivity index (χ0n) is 22.0. The van der Waals surface area contributed by atoms with Gasteiger partial charge in [0.2, 0.25) is 0 Å². The third kappa shape index (κ3) is 4.55. The van der Waals surface area contributed by atoms with E-state index >= 15 is 0 Å². The van der Waals surface area contributed by atoms with E-state index in [2.05, 4.69) is 0 Å². The standard InChI is InChI=1S/C30H26O13/c31-14-7-19(35)16-11-25(28(41-23(16)9-14)12-1-3-17(33)20(36)5-12)43-30(13-2-4-18(34)21(37)6-13)29(40)27(39)26-22(38)8-15(32)10-24(26)42-30/h1-10,25,27-29,31-40H,11H2/t25?,27-,28?,29?,30?/m1/s1. The zero-order valence-corrected chi connectivity index (χ0v) is 22.0. The third-order valence-corrected chi connectivity index (χ3v) is 7.55. The highest BCUT2D eigenvalue weighted by Gasteiger charge is 2.56. The minimum atomic E-state index is -2.42. The van der Waals surface area contributed by atoms with Gasteiger partial charge in [-0.2, -0.15) is 0 Å². The molecule has 0 aliphatic carbocycles. The molecule has 4 aromatic rings. The largest absolute Gasteiger partial charge is 0.508 e. The van der Waals surface area contributed by atoms with Gasteiger partial charge in [0.05, 0.1) is 5.56 Å². The fourth-order valence-electron chi connectivity index (χ4n) is 5.48. The lowest BCUT2D eigenvalue weighted by molar-refractivity contribution is -0.307. The van der Waals surface area contributed by atoms with Crippen LogP contribution in [-0.2, 0) is 16.9 Å². The lowest BCUT2D eigenvalue weighted by Gasteiger charge is -2.47. The van der Waals surface area contributed by atoms with Gasteiger partial charge in [-0.1, -0.05) is 6.07 Å². The van der Waals surface area contributed by atoms with Gasteiger partial charge in [0.15, 0.2) is 35.2 Å². The summed E-state index contributed by atoms with van der Waals surface area (Å²) in [5, 5.41) is 104. The van der Waals surface area contributed by atoms with Gasteiger partial charge in [0.25, 0.3) is 5.79 Å². The number of ether oxygens (including phenoxy) is 3. The number of aliphatic hydroxyl groups is 2. The van der Waals surface area contributed by atoms with Crippen molar-refractivity contribution in [2.75, 3.05) is 0 Å². The van der Waals surface area contributed by atoms with E-state index in [-0.39, 0.29) is 51.7 Å². The number of aliphatic hydroxyl groups excluding tert-OH is 2. The zero-order chi connectivity index (χ0) is 30.8. The molecule has 4 aromatic carbocycles. The molecule has 13 nitrogen and oxygen atoms in total. The summed E-state index contributed by atoms with van der Waals surface area (Å²) in [6.45, 7) is 0. The molecule has 0 saturated heterocycles. The Bertz CT molecular complexity index is 1740. The number of phenols is 8. The lowest BCUT2D eigenvalue weighted by atomic mass is 9.87. The van der Waals surface area contributed by atoms with Gasteiger partial charge in [0, 0.05) is 41.8 Å². The Morgan fingerprint density at radius 2 is 1.28 bits per heavy atom. The molecule has 6 rings (SSSR count). The molecule has 5 atom stereocenters. The Kier molecular flexibility index (Phi) is 6.45. The first-order chi connectivity index (χ1) is 20.4. The fourth-order valence-corrected chi connectivity index (χ4v) is 5.48. The predicted octanol–water partition coefficient (Wildman–Crippen LogP) is 2.73. The van der Waals surface area contributed by atoms with Crippen LogP contribution in [0, 0.1) is 0 Å². The molecule has 43 heavy (non-hydrogen) atoms. The Morgan fingerprint density at radius 1 is 0.651 bits per heavy atom. The van der Waals surface area contributed by atoms with E-state index in [0.29, 0.717) is 0 Å². The molecule has 0 fully saturated rings. The fraction of sp³-hybridized carbons (Fsp3) is 0.200. The van der Waals surface area contributed by atoms with Crippen LogP contribution < -0.4 is 9.47 Å². The maximum Gasteiger partial charge on any atom is 0.267 e. The molecule has 2 aliphatic rings. The molecular weight excluding hydrogens is 568 g/mol. The van der Waals surface area contributed by atoms with Crippen molar-refractivity contribution in [2.45, 2.75) is 36.6 Å². The average molecular weight is 595 g/mol. The predicted molar refractivity (Wildman–Crippen MR) is 144 cm³/mol. The first-order valence-corrected chi connectivity index (χ1v) is 12.9. The van der Waals surface area contributed by atoms with Gasteiger partial charge in [-0.05, 0) is 35.9 Å². The molecule has 0 saturated carbocycles. The van der Waals surface area contributed by atoms with Gasteiger partial charge < -0.3 is 65.3 Å². The number of hydrogen-bond donors (Lipinski definition) is 10. The second-order valence-corrected chi connectivity index (χ2v) is 10.3. The molecule has 0 radical (unpaired) electrons. The van der Waals surface area contributed by atoms with Gasteiger partial charge >= 0.3 is 0 Å². The van der Waals surface area contributed by atoms with Gasteiger partial charge in [-0.3, -0.25) is 0 Å². The van der Waals surface area contributed by atoms with Crippen molar-refractivity contribution >= 4 is 0 Å². The molecule has 13 heteroatoms. The van der Waals surface area contributed by atoms with E-state index in [1.54, 1.807) is 0 Å². The highest BCUT2D eigenvalue weighted by molar-refractivity contribution is 5.55. The number of hydrogen-bond acceptors (Lipinski definition) is 13. The number of benzene rings is 4. The summed E-state index contributed by atoms with van der Waals surface area (Å²) < 4.78 is 18.7. The van der Waals surface area contributed by atoms with Crippen LogP contribution in [0.1, 0.15) is 34.5 Å². The average Bonchev–Trinajstić information content (AvgIpc) is 2.94. The van der Waals surface area contributed by atoms with Crippen LogP contribution in [0.5, 0.6) is 57.5 Å². The molecule has 0 bridgehead atoms. The van der Waals surface area contributed by atoms with Crippen molar-refractivity contribution in [1.29, 1.82) is 0 Å². The molecular formula is C30H26O13. The van der Waals surface area contributed by atoms with E-state index in [4.69, 9.17) is 14.2 Å². The minimum absolute atomic E-state index is 0.0663. The van der Waals surface area contributed by atoms with Crippen molar-refractivity contribution in [3.8, 4) is 57.5 Å². The smallest absolute Gasteiger partial charge is 0.267 e. The van der Waals surface area contributed by atoms with Gasteiger partial charge in [-0.15, -0.1) is 0 Å². The van der Waals surface area contributed by atoms with Crippen LogP contribution in [0.4, 0.5) is 0 Å². The molecule has 4 unspecified atom stereocenters. The quantitative estimate of drug-likeness (QED) is 0.153. The van der Waals surface area contributed by atoms with Crippen LogP contribution in [-0.4, -0.2) is 63.3 Å². The van der Waals surface area contributed by atoms with Gasteiger partial charge in [-0.25, -0.2) is 0 Å². The van der Waals surface area contributed by atoms with Crippen molar-refractivity contribution in [2.24, 2.45) is 0 Å². The SMILES string of the molecule is Oc1cc(O)c2c(c1)OC(c1ccc(O)c(O)c1)C(OC1(c3ccc(O)c(O)c3)Oc3cc(O)cc(O)c3[C@@H](O)C1O)C2. The van der Waals surface area contributed by atoms with Crippen LogP contribution in [0.2, 0.25) is 0 Å². The Morgan fingerprint density at radius 3 is 1.95 bits per heavy atom. The van der Waals surface area contributed by atoms with Crippen molar-refractivity contribution in [1.82, 2.24) is 0 Å². The maximum absolute atomic E-state index is 11.6. The van der Waals surface area contributed by atoms with Crippen molar-refractivity contribution < 1.29 is 65.3 Å². The summed E-state index contributed by atoms with van der Waals surface area (Å²) in [6, 6.07) is 11.5. The highest BCUT2D eigenvalue weighted by atomic mass is 16.7. The summed E-state index contributed by atoms with van der Waals surface area (Å²) in [4.78, 5) is 0. The normalized spacial score (nSPS) is 24.3. The molecule has 0 spiro atoms. The van der Waals surface area contributed by atoms with Crippen molar-refractivity contribution in [3.05, 3.63) is 82.9 Å². The van der Waals surface area contributed by atoms with Gasteiger partial charge in [0.1, 0.15) is 46.7 Å². The first kappa shape index (κ1) is 27.9. The third-order valence-electron chi connectivity index (χ3n) is 7.55. The molecule has 0 aromatic heterocycles. The lowest BCUT2D eigenvalue weighted by Crippen LogP contribution is -2.55. The summed E-state index contributed by atoms with van der Waals surface area (Å²) in [7, 11) is 0. The number of aromatic hydroxyl groups is 8. The summed E-state index contributed by atoms with van der Waals surface area (Å²) in [5.74, 6) is -6.38. The monoisotopic (exact) mass is 594 g/mol. The Balaban J connectivity index is 1.54. The van der Waals surface area contributed by atoms with Crippen molar-refractivity contribution in [3.63, 3.8) is 0 Å². The number of fused-ring (bicyclic) bond motifs is 2. The van der Waals surface area contributed by atoms with E-state index in [1.165, 1.54) is 30.3 Å². The summed E-state index contributed by atoms with van der Waals surface area (Å²) >= 11 is 0. The Labute approximate surface area is 242 Å². The minimum Gasteiger partial charge on any atom is -0.508 e. The molecule has 2 aliphatic heterocycles. The number of rotatable bonds is 4. The van der Waals surface area contributed by atoms with Crippen LogP contribution in [0.25, 0.3) is 0 Å². The molecule has 0 amide bonds. The summed E-state index contributed by atoms with van der Waals surface area (Å²) in [5.41, 5.74) is 0.0630. The first-order valence-electron chi connectivity index (χ1n) is 12.9. The molecule has 10 N–H and O–H groups in total. The van der Waals surface area contributed by atoms with Crippen LogP contribution in [0.3, 0.4) is 0 Å². The van der Waals surface area contributed by atoms with Crippen LogP contribution >= 0.6 is 0 Å². The van der Waals surface area contributed by atoms with Crippen LogP contribution in [0.15, 0.2) is 60.7 Å². The van der Waals surface area contributed by atoms with E-state index in [0.717, 1.165) is 30.3 Å². The maximum atomic E-state index is 11.6. The topological polar surface area (TPSA) is 230 Å². The Hall–Kier alpha value is -5.24. The molecule has 224 valence electrons. The summed E-state index contributed by atoms with van der Waals surface area (Å²) in [6.07, 6.45) is -6.47.